The second-order valence-corrected chi connectivity index (χ2v) is 7.52. The Morgan fingerprint density at radius 2 is 1.67 bits per heavy atom. The van der Waals surface area contributed by atoms with Crippen LogP contribution in [0.3, 0.4) is 0 Å². The van der Waals surface area contributed by atoms with Gasteiger partial charge in [0.1, 0.15) is 11.6 Å². The molecule has 33 heavy (non-hydrogen) atoms. The maximum absolute atomic E-state index is 12.5. The average molecular weight is 480 g/mol. The maximum atomic E-state index is 12.5. The fourth-order valence-electron chi connectivity index (χ4n) is 2.86. The largest absolute Gasteiger partial charge is 0.478 e. The zero-order valence-corrected chi connectivity index (χ0v) is 18.3. The number of para-hydroxylation sites is 1. The van der Waals surface area contributed by atoms with Gasteiger partial charge in [-0.15, -0.1) is 0 Å². The summed E-state index contributed by atoms with van der Waals surface area (Å²) in [4.78, 5) is 36.4. The number of rotatable bonds is 6. The zero-order chi connectivity index (χ0) is 24.0. The van der Waals surface area contributed by atoms with Crippen molar-refractivity contribution >= 4 is 58.4 Å². The zero-order valence-electron chi connectivity index (χ0n) is 16.8. The molecule has 3 aromatic rings. The van der Waals surface area contributed by atoms with Crippen molar-refractivity contribution in [3.63, 3.8) is 0 Å². The van der Waals surface area contributed by atoms with Gasteiger partial charge in [0, 0.05) is 10.7 Å². The van der Waals surface area contributed by atoms with Gasteiger partial charge in [0.15, 0.2) is 0 Å². The molecular weight excluding hydrogens is 465 g/mol. The number of benzene rings is 3. The van der Waals surface area contributed by atoms with E-state index in [1.165, 1.54) is 36.4 Å². The standard InChI is InChI=1S/C24H15Cl2N3O4/c25-16-8-9-18(20(26)12-16)23(31)28-17-5-3-4-14(11-17)10-15(13-27)22(30)29-21-7-2-1-6-19(21)24(32)33/h1-12H,(H,28,31)(H,29,30)(H,32,33). The lowest BCUT2D eigenvalue weighted by Crippen LogP contribution is -2.16. The maximum Gasteiger partial charge on any atom is 0.337 e. The number of carboxylic acids is 1. The van der Waals surface area contributed by atoms with Crippen molar-refractivity contribution in [2.75, 3.05) is 10.6 Å². The molecule has 0 heterocycles. The molecule has 0 atom stereocenters. The number of hydrogen-bond acceptors (Lipinski definition) is 4. The van der Waals surface area contributed by atoms with Crippen LogP contribution in [0.4, 0.5) is 11.4 Å². The highest BCUT2D eigenvalue weighted by atomic mass is 35.5. The molecule has 3 aromatic carbocycles. The van der Waals surface area contributed by atoms with Crippen molar-refractivity contribution in [1.82, 2.24) is 0 Å². The van der Waals surface area contributed by atoms with Gasteiger partial charge < -0.3 is 15.7 Å². The normalized spacial score (nSPS) is 10.8. The molecule has 0 bridgehead atoms. The van der Waals surface area contributed by atoms with Crippen molar-refractivity contribution in [3.05, 3.63) is 99.0 Å². The Bertz CT molecular complexity index is 1330. The number of aromatic carboxylic acids is 1. The Morgan fingerprint density at radius 3 is 2.36 bits per heavy atom. The summed E-state index contributed by atoms with van der Waals surface area (Å²) in [6.07, 6.45) is 1.32. The minimum absolute atomic E-state index is 0.0667. The number of nitriles is 1. The molecule has 0 aliphatic rings. The number of hydrogen-bond donors (Lipinski definition) is 3. The monoisotopic (exact) mass is 479 g/mol. The van der Waals surface area contributed by atoms with E-state index in [9.17, 15) is 24.8 Å². The van der Waals surface area contributed by atoms with Gasteiger partial charge in [0.25, 0.3) is 11.8 Å². The Labute approximate surface area is 198 Å². The SMILES string of the molecule is N#CC(=Cc1cccc(NC(=O)c2ccc(Cl)cc2Cl)c1)C(=O)Nc1ccccc1C(=O)O. The van der Waals surface area contributed by atoms with E-state index in [-0.39, 0.29) is 27.4 Å². The number of carbonyl (C=O) groups is 3. The van der Waals surface area contributed by atoms with Gasteiger partial charge in [-0.3, -0.25) is 9.59 Å². The lowest BCUT2D eigenvalue weighted by Gasteiger charge is -2.09. The Hall–Kier alpha value is -4.12. The summed E-state index contributed by atoms with van der Waals surface area (Å²) in [5.41, 5.74) is 0.822. The van der Waals surface area contributed by atoms with Gasteiger partial charge in [0.2, 0.25) is 0 Å². The second-order valence-electron chi connectivity index (χ2n) is 6.68. The number of carboxylic acid groups (broad SMARTS) is 1. The van der Waals surface area contributed by atoms with Crippen LogP contribution in [0.15, 0.2) is 72.3 Å². The first kappa shape index (κ1) is 23.5. The third-order valence-electron chi connectivity index (χ3n) is 4.40. The van der Waals surface area contributed by atoms with Gasteiger partial charge in [-0.2, -0.15) is 5.26 Å². The first-order valence-corrected chi connectivity index (χ1v) is 10.2. The van der Waals surface area contributed by atoms with Crippen molar-refractivity contribution in [1.29, 1.82) is 5.26 Å². The predicted molar refractivity (Wildman–Crippen MR) is 126 cm³/mol. The van der Waals surface area contributed by atoms with Crippen LogP contribution >= 0.6 is 23.2 Å². The number of anilines is 2. The summed E-state index contributed by atoms with van der Waals surface area (Å²) in [7, 11) is 0. The van der Waals surface area contributed by atoms with Crippen LogP contribution in [0.1, 0.15) is 26.3 Å². The molecule has 0 spiro atoms. The van der Waals surface area contributed by atoms with Gasteiger partial charge in [0.05, 0.1) is 21.8 Å². The minimum atomic E-state index is -1.21. The second kappa shape index (κ2) is 10.5. The Balaban J connectivity index is 1.80. The summed E-state index contributed by atoms with van der Waals surface area (Å²) in [6.45, 7) is 0. The summed E-state index contributed by atoms with van der Waals surface area (Å²) >= 11 is 11.9. The molecule has 0 saturated carbocycles. The Morgan fingerprint density at radius 1 is 0.909 bits per heavy atom. The third-order valence-corrected chi connectivity index (χ3v) is 4.95. The van der Waals surface area contributed by atoms with E-state index in [1.807, 2.05) is 0 Å². The average Bonchev–Trinajstić information content (AvgIpc) is 2.77. The van der Waals surface area contributed by atoms with E-state index in [2.05, 4.69) is 10.6 Å². The molecule has 0 aromatic heterocycles. The van der Waals surface area contributed by atoms with Crippen molar-refractivity contribution in [2.24, 2.45) is 0 Å². The van der Waals surface area contributed by atoms with Gasteiger partial charge >= 0.3 is 5.97 Å². The molecule has 0 aliphatic carbocycles. The van der Waals surface area contributed by atoms with E-state index >= 15 is 0 Å². The quantitative estimate of drug-likeness (QED) is 0.319. The lowest BCUT2D eigenvalue weighted by molar-refractivity contribution is -0.112. The third kappa shape index (κ3) is 5.98. The van der Waals surface area contributed by atoms with E-state index in [1.54, 1.807) is 42.5 Å². The smallest absolute Gasteiger partial charge is 0.337 e. The van der Waals surface area contributed by atoms with Crippen LogP contribution in [0.2, 0.25) is 10.0 Å². The molecule has 7 nitrogen and oxygen atoms in total. The number of carbonyl (C=O) groups excluding carboxylic acids is 2. The molecule has 9 heteroatoms. The molecule has 0 unspecified atom stereocenters. The summed E-state index contributed by atoms with van der Waals surface area (Å²) < 4.78 is 0. The minimum Gasteiger partial charge on any atom is -0.478 e. The predicted octanol–water partition coefficient (Wildman–Crippen LogP) is 5.49. The molecule has 164 valence electrons. The van der Waals surface area contributed by atoms with Gasteiger partial charge in [-0.05, 0) is 54.1 Å². The van der Waals surface area contributed by atoms with Crippen molar-refractivity contribution in [2.45, 2.75) is 0 Å². The molecule has 0 aliphatic heterocycles. The van der Waals surface area contributed by atoms with Crippen molar-refractivity contribution in [3.8, 4) is 6.07 Å². The van der Waals surface area contributed by atoms with Gasteiger partial charge in [-0.1, -0.05) is 47.5 Å². The first-order valence-electron chi connectivity index (χ1n) is 9.40. The first-order chi connectivity index (χ1) is 15.8. The number of amides is 2. The molecule has 0 saturated heterocycles. The van der Waals surface area contributed by atoms with Crippen LogP contribution in [-0.4, -0.2) is 22.9 Å². The summed E-state index contributed by atoms with van der Waals surface area (Å²) in [6, 6.07) is 18.6. The van der Waals surface area contributed by atoms with Gasteiger partial charge in [-0.25, -0.2) is 4.79 Å². The fourth-order valence-corrected chi connectivity index (χ4v) is 3.36. The lowest BCUT2D eigenvalue weighted by atomic mass is 10.1. The van der Waals surface area contributed by atoms with Crippen LogP contribution in [0, 0.1) is 11.3 Å². The van der Waals surface area contributed by atoms with Crippen LogP contribution in [0.5, 0.6) is 0 Å². The van der Waals surface area contributed by atoms with Crippen LogP contribution < -0.4 is 10.6 Å². The van der Waals surface area contributed by atoms with Crippen LogP contribution in [0.25, 0.3) is 6.08 Å². The summed E-state index contributed by atoms with van der Waals surface area (Å²) in [5.74, 6) is -2.44. The highest BCUT2D eigenvalue weighted by molar-refractivity contribution is 6.37. The fraction of sp³-hybridized carbons (Fsp3) is 0. The Kier molecular flexibility index (Phi) is 7.46. The number of nitrogens with zero attached hydrogens (tertiary/aromatic N) is 1. The highest BCUT2D eigenvalue weighted by Gasteiger charge is 2.15. The molecule has 2 amide bonds. The summed E-state index contributed by atoms with van der Waals surface area (Å²) in [5, 5.41) is 24.4. The van der Waals surface area contributed by atoms with Crippen molar-refractivity contribution < 1.29 is 19.5 Å². The molecule has 3 N–H and O–H groups in total. The topological polar surface area (TPSA) is 119 Å². The number of halogens is 2. The van der Waals surface area contributed by atoms with E-state index < -0.39 is 17.8 Å². The van der Waals surface area contributed by atoms with E-state index in [0.717, 1.165) is 0 Å². The van der Waals surface area contributed by atoms with E-state index in [0.29, 0.717) is 16.3 Å². The molecular formula is C24H15Cl2N3O4. The molecule has 0 radical (unpaired) electrons. The highest BCUT2D eigenvalue weighted by Crippen LogP contribution is 2.23. The molecule has 0 fully saturated rings. The van der Waals surface area contributed by atoms with E-state index in [4.69, 9.17) is 23.2 Å². The number of nitrogens with one attached hydrogen (secondary N) is 2. The molecule has 3 rings (SSSR count). The van der Waals surface area contributed by atoms with Crippen LogP contribution in [-0.2, 0) is 4.79 Å².